The number of ether oxygens (including phenoxy) is 1. The average Bonchev–Trinajstić information content (AvgIpc) is 3.25. The van der Waals surface area contributed by atoms with E-state index in [0.29, 0.717) is 19.6 Å². The van der Waals surface area contributed by atoms with Crippen molar-refractivity contribution in [1.82, 2.24) is 25.5 Å². The second-order valence-electron chi connectivity index (χ2n) is 6.43. The van der Waals surface area contributed by atoms with Crippen LogP contribution in [0.2, 0.25) is 0 Å². The van der Waals surface area contributed by atoms with Crippen molar-refractivity contribution in [1.29, 1.82) is 0 Å². The summed E-state index contributed by atoms with van der Waals surface area (Å²) in [6, 6.07) is 7.35. The number of nitrogens with one attached hydrogen (secondary N) is 1. The van der Waals surface area contributed by atoms with Crippen LogP contribution in [0.1, 0.15) is 20.3 Å². The zero-order valence-corrected chi connectivity index (χ0v) is 14.8. The standard InChI is InChI=1S/C17H22N6O3/c1-12(2)26-15-5-3-14(4-6-15)23-10-13(9-16(23)24)17(25)18-7-8-22-11-19-20-21-22/h3-6,11-13H,7-10H2,1-2H3,(H,18,25)/t13-/m1/s1. The first-order valence-corrected chi connectivity index (χ1v) is 8.58. The Hall–Kier alpha value is -2.97. The van der Waals surface area contributed by atoms with E-state index in [2.05, 4.69) is 20.8 Å². The highest BCUT2D eigenvalue weighted by Gasteiger charge is 2.34. The lowest BCUT2D eigenvalue weighted by molar-refractivity contribution is -0.126. The Balaban J connectivity index is 1.53. The molecule has 0 radical (unpaired) electrons. The summed E-state index contributed by atoms with van der Waals surface area (Å²) in [6.45, 7) is 5.19. The maximum absolute atomic E-state index is 12.3. The molecule has 9 heteroatoms. The van der Waals surface area contributed by atoms with E-state index >= 15 is 0 Å². The highest BCUT2D eigenvalue weighted by atomic mass is 16.5. The molecule has 1 fully saturated rings. The minimum atomic E-state index is -0.358. The van der Waals surface area contributed by atoms with E-state index in [-0.39, 0.29) is 30.3 Å². The first kappa shape index (κ1) is 17.8. The number of tetrazole rings is 1. The van der Waals surface area contributed by atoms with Crippen LogP contribution >= 0.6 is 0 Å². The van der Waals surface area contributed by atoms with E-state index in [4.69, 9.17) is 4.74 Å². The first-order valence-electron chi connectivity index (χ1n) is 8.58. The zero-order valence-electron chi connectivity index (χ0n) is 14.8. The summed E-state index contributed by atoms with van der Waals surface area (Å²) in [5.74, 6) is 0.215. The summed E-state index contributed by atoms with van der Waals surface area (Å²) < 4.78 is 7.14. The highest BCUT2D eigenvalue weighted by molar-refractivity contribution is 6.00. The van der Waals surface area contributed by atoms with Crippen molar-refractivity contribution in [2.45, 2.75) is 32.9 Å². The summed E-state index contributed by atoms with van der Waals surface area (Å²) >= 11 is 0. The molecule has 1 aliphatic rings. The molecule has 138 valence electrons. The summed E-state index contributed by atoms with van der Waals surface area (Å²) in [5.41, 5.74) is 0.773. The molecular formula is C17H22N6O3. The molecule has 1 aromatic carbocycles. The third-order valence-electron chi connectivity index (χ3n) is 4.05. The molecule has 1 aromatic heterocycles. The summed E-state index contributed by atoms with van der Waals surface area (Å²) in [5, 5.41) is 13.6. The van der Waals surface area contributed by atoms with Crippen LogP contribution < -0.4 is 15.0 Å². The van der Waals surface area contributed by atoms with Crippen molar-refractivity contribution < 1.29 is 14.3 Å². The lowest BCUT2D eigenvalue weighted by Crippen LogP contribution is -2.34. The van der Waals surface area contributed by atoms with Gasteiger partial charge in [-0.15, -0.1) is 5.10 Å². The molecule has 3 rings (SSSR count). The average molecular weight is 358 g/mol. The molecule has 0 aliphatic carbocycles. The number of amides is 2. The van der Waals surface area contributed by atoms with E-state index < -0.39 is 0 Å². The number of hydrogen-bond acceptors (Lipinski definition) is 6. The van der Waals surface area contributed by atoms with Crippen LogP contribution in [0.4, 0.5) is 5.69 Å². The lowest BCUT2D eigenvalue weighted by atomic mass is 10.1. The van der Waals surface area contributed by atoms with Crippen LogP contribution in [0.25, 0.3) is 0 Å². The van der Waals surface area contributed by atoms with Gasteiger partial charge in [0.15, 0.2) is 0 Å². The van der Waals surface area contributed by atoms with Crippen molar-refractivity contribution in [2.75, 3.05) is 18.0 Å². The number of carbonyl (C=O) groups excluding carboxylic acids is 2. The van der Waals surface area contributed by atoms with Gasteiger partial charge in [0, 0.05) is 25.2 Å². The fourth-order valence-corrected chi connectivity index (χ4v) is 2.83. The van der Waals surface area contributed by atoms with Gasteiger partial charge >= 0.3 is 0 Å². The van der Waals surface area contributed by atoms with Crippen molar-refractivity contribution in [2.24, 2.45) is 5.92 Å². The quantitative estimate of drug-likeness (QED) is 0.779. The Morgan fingerprint density at radius 3 is 2.77 bits per heavy atom. The number of hydrogen-bond donors (Lipinski definition) is 1. The molecule has 9 nitrogen and oxygen atoms in total. The molecule has 2 heterocycles. The Bertz CT molecular complexity index is 744. The van der Waals surface area contributed by atoms with E-state index in [0.717, 1.165) is 11.4 Å². The van der Waals surface area contributed by atoms with Gasteiger partial charge in [0.05, 0.1) is 18.6 Å². The normalized spacial score (nSPS) is 17.0. The largest absolute Gasteiger partial charge is 0.491 e. The molecule has 2 aromatic rings. The number of nitrogens with zero attached hydrogens (tertiary/aromatic N) is 5. The van der Waals surface area contributed by atoms with Gasteiger partial charge < -0.3 is 15.0 Å². The SMILES string of the molecule is CC(C)Oc1ccc(N2C[C@H](C(=O)NCCn3cnnn3)CC2=O)cc1. The van der Waals surface area contributed by atoms with Crippen LogP contribution in [-0.4, -0.2) is 51.2 Å². The summed E-state index contributed by atoms with van der Waals surface area (Å²) in [6.07, 6.45) is 1.79. The molecule has 1 saturated heterocycles. The lowest BCUT2D eigenvalue weighted by Gasteiger charge is -2.18. The van der Waals surface area contributed by atoms with E-state index in [1.54, 1.807) is 4.90 Å². The number of rotatable bonds is 7. The Morgan fingerprint density at radius 2 is 2.12 bits per heavy atom. The molecule has 1 aliphatic heterocycles. The van der Waals surface area contributed by atoms with Crippen LogP contribution in [-0.2, 0) is 16.1 Å². The zero-order chi connectivity index (χ0) is 18.5. The van der Waals surface area contributed by atoms with Crippen LogP contribution in [0.15, 0.2) is 30.6 Å². The van der Waals surface area contributed by atoms with Crippen LogP contribution in [0.5, 0.6) is 5.75 Å². The van der Waals surface area contributed by atoms with Crippen molar-refractivity contribution in [3.63, 3.8) is 0 Å². The summed E-state index contributed by atoms with van der Waals surface area (Å²) in [7, 11) is 0. The first-order chi connectivity index (χ1) is 12.5. The third-order valence-corrected chi connectivity index (χ3v) is 4.05. The maximum Gasteiger partial charge on any atom is 0.227 e. The molecule has 0 saturated carbocycles. The van der Waals surface area contributed by atoms with Gasteiger partial charge in [-0.2, -0.15) is 0 Å². The predicted octanol–water partition coefficient (Wildman–Crippen LogP) is 0.630. The maximum atomic E-state index is 12.3. The monoisotopic (exact) mass is 358 g/mol. The minimum absolute atomic E-state index is 0.0526. The van der Waals surface area contributed by atoms with Crippen molar-refractivity contribution in [3.8, 4) is 5.75 Å². The van der Waals surface area contributed by atoms with Crippen molar-refractivity contribution in [3.05, 3.63) is 30.6 Å². The molecule has 26 heavy (non-hydrogen) atoms. The van der Waals surface area contributed by atoms with Crippen LogP contribution in [0.3, 0.4) is 0 Å². The van der Waals surface area contributed by atoms with Gasteiger partial charge in [-0.05, 0) is 48.5 Å². The van der Waals surface area contributed by atoms with Gasteiger partial charge in [0.2, 0.25) is 11.8 Å². The Morgan fingerprint density at radius 1 is 1.35 bits per heavy atom. The third kappa shape index (κ3) is 4.35. The van der Waals surface area contributed by atoms with Gasteiger partial charge in [-0.3, -0.25) is 9.59 Å². The van der Waals surface area contributed by atoms with E-state index in [1.807, 2.05) is 38.1 Å². The molecule has 2 amide bonds. The number of aromatic nitrogens is 4. The molecule has 1 atom stereocenters. The van der Waals surface area contributed by atoms with E-state index in [9.17, 15) is 9.59 Å². The summed E-state index contributed by atoms with van der Waals surface area (Å²) in [4.78, 5) is 26.2. The Labute approximate surface area is 151 Å². The number of benzene rings is 1. The van der Waals surface area contributed by atoms with Gasteiger partial charge in [-0.1, -0.05) is 0 Å². The molecular weight excluding hydrogens is 336 g/mol. The topological polar surface area (TPSA) is 102 Å². The van der Waals surface area contributed by atoms with Gasteiger partial charge in [0.1, 0.15) is 12.1 Å². The molecule has 1 N–H and O–H groups in total. The minimum Gasteiger partial charge on any atom is -0.491 e. The van der Waals surface area contributed by atoms with Crippen LogP contribution in [0, 0.1) is 5.92 Å². The smallest absolute Gasteiger partial charge is 0.227 e. The molecule has 0 bridgehead atoms. The second kappa shape index (κ2) is 7.94. The number of anilines is 1. The molecule has 0 spiro atoms. The highest BCUT2D eigenvalue weighted by Crippen LogP contribution is 2.27. The van der Waals surface area contributed by atoms with E-state index in [1.165, 1.54) is 11.0 Å². The fraction of sp³-hybridized carbons (Fsp3) is 0.471. The second-order valence-corrected chi connectivity index (χ2v) is 6.43. The predicted molar refractivity (Wildman–Crippen MR) is 93.5 cm³/mol. The van der Waals surface area contributed by atoms with Gasteiger partial charge in [-0.25, -0.2) is 4.68 Å². The number of carbonyl (C=O) groups is 2. The van der Waals surface area contributed by atoms with Crippen molar-refractivity contribution >= 4 is 17.5 Å². The Kier molecular flexibility index (Phi) is 5.45. The fourth-order valence-electron chi connectivity index (χ4n) is 2.83. The van der Waals surface area contributed by atoms with Gasteiger partial charge in [0.25, 0.3) is 0 Å². The molecule has 0 unspecified atom stereocenters.